The van der Waals surface area contributed by atoms with E-state index >= 15 is 0 Å². The summed E-state index contributed by atoms with van der Waals surface area (Å²) in [5, 5.41) is 10.2. The van der Waals surface area contributed by atoms with Crippen LogP contribution in [-0.4, -0.2) is 5.97 Å². The molecule has 0 aliphatic carbocycles. The number of hydrogen-bond acceptors (Lipinski definition) is 2. The largest absolute Gasteiger partial charge is 1.00 e. The Bertz CT molecular complexity index is 272. The van der Waals surface area contributed by atoms with E-state index in [1.807, 2.05) is 0 Å². The number of hydrogen-bond donors (Lipinski definition) is 0. The summed E-state index contributed by atoms with van der Waals surface area (Å²) in [6.07, 6.45) is 21.9. The topological polar surface area (TPSA) is 40.1 Å². The van der Waals surface area contributed by atoms with Gasteiger partial charge in [-0.15, -0.1) is 0 Å². The molecule has 0 aliphatic heterocycles. The van der Waals surface area contributed by atoms with Crippen LogP contribution >= 0.6 is 0 Å². The van der Waals surface area contributed by atoms with Crippen LogP contribution in [0.15, 0.2) is 24.3 Å². The maximum atomic E-state index is 10.2. The second-order valence-electron chi connectivity index (χ2n) is 5.35. The number of carboxylic acids is 1. The molecule has 126 valence electrons. The first kappa shape index (κ1) is 22.7. The van der Waals surface area contributed by atoms with Gasteiger partial charge in [0.05, 0.1) is 0 Å². The first-order valence-corrected chi connectivity index (χ1v) is 8.27. The standard InChI is InChI=1S/C18H32O2.Cu/c1-2-3-4-5-6-7-8-9-10-11-12-13-14-15-16-17-18(19)20;/h6-7,9-10H,2-5,8,11-17H2,1H3,(H,19,20);/q;+1/p-1/b7-6-,10-9-;. The molecule has 3 heteroatoms. The van der Waals surface area contributed by atoms with E-state index < -0.39 is 5.97 Å². The van der Waals surface area contributed by atoms with Crippen molar-refractivity contribution in [1.82, 2.24) is 0 Å². The summed E-state index contributed by atoms with van der Waals surface area (Å²) in [4.78, 5) is 10.2. The van der Waals surface area contributed by atoms with Crippen LogP contribution in [0, 0.1) is 0 Å². The zero-order valence-electron chi connectivity index (χ0n) is 13.4. The van der Waals surface area contributed by atoms with Gasteiger partial charge in [-0.25, -0.2) is 0 Å². The molecule has 0 spiro atoms. The van der Waals surface area contributed by atoms with Gasteiger partial charge in [0, 0.05) is 5.97 Å². The zero-order chi connectivity index (χ0) is 14.9. The van der Waals surface area contributed by atoms with Crippen LogP contribution in [-0.2, 0) is 21.9 Å². The molecule has 0 aromatic rings. The normalized spacial score (nSPS) is 11.1. The fourth-order valence-corrected chi connectivity index (χ4v) is 2.08. The van der Waals surface area contributed by atoms with Gasteiger partial charge in [-0.1, -0.05) is 63.3 Å². The Kier molecular flexibility index (Phi) is 21.1. The molecule has 0 radical (unpaired) electrons. The number of carboxylic acid groups (broad SMARTS) is 1. The number of allylic oxidation sites excluding steroid dienone is 4. The van der Waals surface area contributed by atoms with Crippen LogP contribution < -0.4 is 5.11 Å². The van der Waals surface area contributed by atoms with Gasteiger partial charge < -0.3 is 9.90 Å². The molecule has 0 heterocycles. The smallest absolute Gasteiger partial charge is 0.550 e. The molecule has 2 nitrogen and oxygen atoms in total. The van der Waals surface area contributed by atoms with Gasteiger partial charge in [0.25, 0.3) is 0 Å². The Labute approximate surface area is 141 Å². The van der Waals surface area contributed by atoms with Crippen LogP contribution in [0.25, 0.3) is 0 Å². The zero-order valence-corrected chi connectivity index (χ0v) is 14.4. The predicted octanol–water partition coefficient (Wildman–Crippen LogP) is 4.55. The maximum Gasteiger partial charge on any atom is 1.00 e. The molecular weight excluding hydrogens is 312 g/mol. The fourth-order valence-electron chi connectivity index (χ4n) is 2.08. The van der Waals surface area contributed by atoms with Gasteiger partial charge in [0.1, 0.15) is 0 Å². The monoisotopic (exact) mass is 342 g/mol. The maximum absolute atomic E-state index is 10.2. The van der Waals surface area contributed by atoms with Crippen molar-refractivity contribution in [1.29, 1.82) is 0 Å². The fraction of sp³-hybridized carbons (Fsp3) is 0.722. The summed E-state index contributed by atoms with van der Waals surface area (Å²) in [5.41, 5.74) is 0. The Balaban J connectivity index is 0. The summed E-state index contributed by atoms with van der Waals surface area (Å²) >= 11 is 0. The number of unbranched alkanes of at least 4 members (excludes halogenated alkanes) is 8. The second kappa shape index (κ2) is 19.5. The SMILES string of the molecule is CCCCC/C=C\C/C=C\CCCCCCCC(=O)[O-].[Cu+]. The molecule has 0 bridgehead atoms. The molecule has 0 unspecified atom stereocenters. The molecule has 0 N–H and O–H groups in total. The van der Waals surface area contributed by atoms with Gasteiger partial charge in [0.2, 0.25) is 0 Å². The Morgan fingerprint density at radius 2 is 1.33 bits per heavy atom. The quantitative estimate of drug-likeness (QED) is 0.264. The van der Waals surface area contributed by atoms with E-state index in [1.165, 1.54) is 38.5 Å². The van der Waals surface area contributed by atoms with Crippen molar-refractivity contribution in [2.75, 3.05) is 0 Å². The van der Waals surface area contributed by atoms with Crippen molar-refractivity contribution >= 4 is 5.97 Å². The summed E-state index contributed by atoms with van der Waals surface area (Å²) in [6.45, 7) is 2.23. The number of aliphatic carboxylic acids is 1. The van der Waals surface area contributed by atoms with E-state index in [1.54, 1.807) is 0 Å². The second-order valence-corrected chi connectivity index (χ2v) is 5.35. The van der Waals surface area contributed by atoms with Crippen molar-refractivity contribution in [3.63, 3.8) is 0 Å². The van der Waals surface area contributed by atoms with E-state index in [-0.39, 0.29) is 23.5 Å². The first-order valence-electron chi connectivity index (χ1n) is 8.27. The van der Waals surface area contributed by atoms with Gasteiger partial charge in [-0.3, -0.25) is 0 Å². The van der Waals surface area contributed by atoms with Crippen LogP contribution in [0.1, 0.15) is 84.0 Å². The third-order valence-electron chi connectivity index (χ3n) is 3.33. The van der Waals surface area contributed by atoms with E-state index in [0.717, 1.165) is 32.1 Å². The summed E-state index contributed by atoms with van der Waals surface area (Å²) < 4.78 is 0. The third kappa shape index (κ3) is 21.9. The van der Waals surface area contributed by atoms with Crippen molar-refractivity contribution in [3.05, 3.63) is 24.3 Å². The molecule has 0 fully saturated rings. The molecule has 0 saturated carbocycles. The average molecular weight is 343 g/mol. The number of rotatable bonds is 14. The molecule has 0 aromatic heterocycles. The first-order chi connectivity index (χ1) is 9.77. The van der Waals surface area contributed by atoms with Gasteiger partial charge in [-0.05, 0) is 44.9 Å². The van der Waals surface area contributed by atoms with Crippen molar-refractivity contribution in [2.24, 2.45) is 0 Å². The Morgan fingerprint density at radius 3 is 1.90 bits per heavy atom. The van der Waals surface area contributed by atoms with Crippen molar-refractivity contribution in [3.8, 4) is 0 Å². The van der Waals surface area contributed by atoms with Crippen molar-refractivity contribution in [2.45, 2.75) is 84.0 Å². The van der Waals surface area contributed by atoms with Crippen LogP contribution in [0.2, 0.25) is 0 Å². The molecular formula is C18H31CuO2. The molecule has 0 saturated heterocycles. The minimum atomic E-state index is -0.921. The van der Waals surface area contributed by atoms with Gasteiger partial charge in [0.15, 0.2) is 0 Å². The predicted molar refractivity (Wildman–Crippen MR) is 84.4 cm³/mol. The Hall–Kier alpha value is -0.531. The van der Waals surface area contributed by atoms with Gasteiger partial charge >= 0.3 is 17.1 Å². The van der Waals surface area contributed by atoms with E-state index in [9.17, 15) is 9.90 Å². The van der Waals surface area contributed by atoms with E-state index in [0.29, 0.717) is 0 Å². The molecule has 0 amide bonds. The van der Waals surface area contributed by atoms with Crippen molar-refractivity contribution < 1.29 is 27.0 Å². The average Bonchev–Trinajstić information content (AvgIpc) is 2.43. The minimum absolute atomic E-state index is 0. The van der Waals surface area contributed by atoms with Crippen LogP contribution in [0.4, 0.5) is 0 Å². The van der Waals surface area contributed by atoms with E-state index in [4.69, 9.17) is 0 Å². The molecule has 0 aromatic carbocycles. The summed E-state index contributed by atoms with van der Waals surface area (Å²) in [7, 11) is 0. The molecule has 0 aliphatic rings. The minimum Gasteiger partial charge on any atom is -0.550 e. The van der Waals surface area contributed by atoms with Gasteiger partial charge in [-0.2, -0.15) is 0 Å². The van der Waals surface area contributed by atoms with E-state index in [2.05, 4.69) is 31.2 Å². The summed E-state index contributed by atoms with van der Waals surface area (Å²) in [5.74, 6) is -0.921. The third-order valence-corrected chi connectivity index (χ3v) is 3.33. The van der Waals surface area contributed by atoms with Crippen LogP contribution in [0.5, 0.6) is 0 Å². The summed E-state index contributed by atoms with van der Waals surface area (Å²) in [6, 6.07) is 0. The number of carbonyl (C=O) groups is 1. The molecule has 0 rings (SSSR count). The van der Waals surface area contributed by atoms with Crippen LogP contribution in [0.3, 0.4) is 0 Å². The number of carbonyl (C=O) groups excluding carboxylic acids is 1. The molecule has 0 atom stereocenters. The Morgan fingerprint density at radius 1 is 0.810 bits per heavy atom. The molecule has 21 heavy (non-hydrogen) atoms.